The van der Waals surface area contributed by atoms with Gasteiger partial charge in [-0.1, -0.05) is 6.07 Å². The lowest BCUT2D eigenvalue weighted by molar-refractivity contribution is -0.130. The summed E-state index contributed by atoms with van der Waals surface area (Å²) in [5.74, 6) is -0.0693. The monoisotopic (exact) mass is 261 g/mol. The zero-order valence-corrected chi connectivity index (χ0v) is 10.4. The molecule has 2 aromatic rings. The first-order chi connectivity index (χ1) is 9.22. The van der Waals surface area contributed by atoms with Gasteiger partial charge >= 0.3 is 5.69 Å². The summed E-state index contributed by atoms with van der Waals surface area (Å²) in [5, 5.41) is 2.85. The van der Waals surface area contributed by atoms with E-state index in [2.05, 4.69) is 15.3 Å². The highest BCUT2D eigenvalue weighted by Crippen LogP contribution is 2.13. The first-order valence-electron chi connectivity index (χ1n) is 6.32. The third-order valence-electron chi connectivity index (χ3n) is 3.27. The molecular formula is C13H15N3O3. The number of H-pyrrole nitrogens is 2. The third-order valence-corrected chi connectivity index (χ3v) is 3.27. The summed E-state index contributed by atoms with van der Waals surface area (Å²) in [6.45, 7) is 1.09. The standard InChI is InChI=1S/C13H15N3O3/c17-12(11-2-1-5-19-11)14-7-8-3-4-9-10(6-8)16-13(18)15-9/h3-4,6,11H,1-2,5,7H2,(H,14,17)(H2,15,16,18). The number of fused-ring (bicyclic) bond motifs is 1. The molecule has 100 valence electrons. The lowest BCUT2D eigenvalue weighted by atomic mass is 10.2. The largest absolute Gasteiger partial charge is 0.368 e. The summed E-state index contributed by atoms with van der Waals surface area (Å²) in [5.41, 5.74) is 2.22. The second kappa shape index (κ2) is 4.89. The average molecular weight is 261 g/mol. The van der Waals surface area contributed by atoms with Gasteiger partial charge < -0.3 is 20.0 Å². The van der Waals surface area contributed by atoms with Crippen LogP contribution in [0, 0.1) is 0 Å². The molecule has 1 fully saturated rings. The highest BCUT2D eigenvalue weighted by molar-refractivity contribution is 5.81. The van der Waals surface area contributed by atoms with E-state index in [-0.39, 0.29) is 17.7 Å². The van der Waals surface area contributed by atoms with E-state index in [9.17, 15) is 9.59 Å². The quantitative estimate of drug-likeness (QED) is 0.758. The van der Waals surface area contributed by atoms with Crippen molar-refractivity contribution in [3.8, 4) is 0 Å². The Hall–Kier alpha value is -2.08. The van der Waals surface area contributed by atoms with Gasteiger partial charge in [0.1, 0.15) is 6.10 Å². The minimum Gasteiger partial charge on any atom is -0.368 e. The number of carbonyl (C=O) groups excluding carboxylic acids is 1. The molecule has 0 radical (unpaired) electrons. The highest BCUT2D eigenvalue weighted by atomic mass is 16.5. The number of carbonyl (C=O) groups is 1. The van der Waals surface area contributed by atoms with Gasteiger partial charge in [0.15, 0.2) is 0 Å². The Kier molecular flexibility index (Phi) is 3.08. The van der Waals surface area contributed by atoms with E-state index in [4.69, 9.17) is 4.74 Å². The number of hydrogen-bond acceptors (Lipinski definition) is 3. The van der Waals surface area contributed by atoms with Gasteiger partial charge in [0, 0.05) is 13.2 Å². The van der Waals surface area contributed by atoms with Gasteiger partial charge in [-0.05, 0) is 30.5 Å². The fourth-order valence-corrected chi connectivity index (χ4v) is 2.28. The van der Waals surface area contributed by atoms with Crippen LogP contribution in [0.1, 0.15) is 18.4 Å². The number of rotatable bonds is 3. The zero-order chi connectivity index (χ0) is 13.2. The van der Waals surface area contributed by atoms with Crippen LogP contribution in [-0.2, 0) is 16.1 Å². The molecule has 6 heteroatoms. The lowest BCUT2D eigenvalue weighted by Crippen LogP contribution is -2.33. The Bertz CT molecular complexity index is 652. The maximum Gasteiger partial charge on any atom is 0.323 e. The summed E-state index contributed by atoms with van der Waals surface area (Å²) in [4.78, 5) is 28.3. The Labute approximate surface area is 109 Å². The van der Waals surface area contributed by atoms with E-state index in [1.807, 2.05) is 18.2 Å². The second-order valence-corrected chi connectivity index (χ2v) is 4.68. The molecule has 2 heterocycles. The summed E-state index contributed by atoms with van der Waals surface area (Å²) in [7, 11) is 0. The van der Waals surface area contributed by atoms with Crippen molar-refractivity contribution in [1.82, 2.24) is 15.3 Å². The number of nitrogens with one attached hydrogen (secondary N) is 3. The fraction of sp³-hybridized carbons (Fsp3) is 0.385. The molecule has 1 atom stereocenters. The van der Waals surface area contributed by atoms with Gasteiger partial charge in [-0.15, -0.1) is 0 Å². The number of ether oxygens (including phenoxy) is 1. The summed E-state index contributed by atoms with van der Waals surface area (Å²) < 4.78 is 5.31. The zero-order valence-electron chi connectivity index (χ0n) is 10.4. The van der Waals surface area contributed by atoms with Gasteiger partial charge in [0.05, 0.1) is 11.0 Å². The molecule has 1 unspecified atom stereocenters. The van der Waals surface area contributed by atoms with Crippen LogP contribution in [0.2, 0.25) is 0 Å². The fourth-order valence-electron chi connectivity index (χ4n) is 2.28. The Balaban J connectivity index is 1.67. The second-order valence-electron chi connectivity index (χ2n) is 4.68. The summed E-state index contributed by atoms with van der Waals surface area (Å²) in [6.07, 6.45) is 1.42. The molecule has 19 heavy (non-hydrogen) atoms. The van der Waals surface area contributed by atoms with Crippen LogP contribution >= 0.6 is 0 Å². The van der Waals surface area contributed by atoms with Crippen molar-refractivity contribution in [2.75, 3.05) is 6.61 Å². The van der Waals surface area contributed by atoms with Crippen molar-refractivity contribution in [1.29, 1.82) is 0 Å². The molecule has 3 N–H and O–H groups in total. The van der Waals surface area contributed by atoms with Crippen molar-refractivity contribution in [3.05, 3.63) is 34.2 Å². The Morgan fingerprint density at radius 3 is 3.00 bits per heavy atom. The highest BCUT2D eigenvalue weighted by Gasteiger charge is 2.22. The summed E-state index contributed by atoms with van der Waals surface area (Å²) >= 11 is 0. The average Bonchev–Trinajstić information content (AvgIpc) is 3.03. The first-order valence-corrected chi connectivity index (χ1v) is 6.32. The molecule has 1 aromatic heterocycles. The number of aromatic nitrogens is 2. The van der Waals surface area contributed by atoms with Crippen LogP contribution in [0.25, 0.3) is 11.0 Å². The maximum atomic E-state index is 11.8. The number of imidazole rings is 1. The van der Waals surface area contributed by atoms with Crippen molar-refractivity contribution in [2.45, 2.75) is 25.5 Å². The van der Waals surface area contributed by atoms with Crippen molar-refractivity contribution >= 4 is 16.9 Å². The van der Waals surface area contributed by atoms with Crippen molar-refractivity contribution in [2.24, 2.45) is 0 Å². The van der Waals surface area contributed by atoms with E-state index >= 15 is 0 Å². The minimum absolute atomic E-state index is 0.0693. The van der Waals surface area contributed by atoms with Crippen LogP contribution in [0.5, 0.6) is 0 Å². The van der Waals surface area contributed by atoms with Crippen molar-refractivity contribution < 1.29 is 9.53 Å². The molecule has 1 amide bonds. The molecule has 0 aliphatic carbocycles. The number of hydrogen-bond donors (Lipinski definition) is 3. The Morgan fingerprint density at radius 2 is 2.21 bits per heavy atom. The molecule has 0 bridgehead atoms. The molecule has 0 spiro atoms. The van der Waals surface area contributed by atoms with E-state index in [1.165, 1.54) is 0 Å². The van der Waals surface area contributed by atoms with Crippen LogP contribution < -0.4 is 11.0 Å². The molecule has 1 aliphatic rings. The van der Waals surface area contributed by atoms with Gasteiger partial charge in [0.25, 0.3) is 0 Å². The van der Waals surface area contributed by atoms with E-state index in [1.54, 1.807) is 0 Å². The number of amides is 1. The molecule has 1 aromatic carbocycles. The Morgan fingerprint density at radius 1 is 1.37 bits per heavy atom. The normalized spacial score (nSPS) is 18.8. The summed E-state index contributed by atoms with van der Waals surface area (Å²) in [6, 6.07) is 5.55. The topological polar surface area (TPSA) is 87.0 Å². The minimum atomic E-state index is -0.309. The van der Waals surface area contributed by atoms with Gasteiger partial charge in [0.2, 0.25) is 5.91 Å². The first kappa shape index (κ1) is 12.0. The number of aromatic amines is 2. The molecule has 3 rings (SSSR count). The molecular weight excluding hydrogens is 246 g/mol. The molecule has 1 aliphatic heterocycles. The predicted octanol–water partition coefficient (Wildman–Crippen LogP) is 0.651. The maximum absolute atomic E-state index is 11.8. The van der Waals surface area contributed by atoms with Crippen LogP contribution in [0.15, 0.2) is 23.0 Å². The predicted molar refractivity (Wildman–Crippen MR) is 69.7 cm³/mol. The molecule has 0 saturated carbocycles. The third kappa shape index (κ3) is 2.53. The van der Waals surface area contributed by atoms with Gasteiger partial charge in [-0.2, -0.15) is 0 Å². The van der Waals surface area contributed by atoms with E-state index in [0.717, 1.165) is 29.4 Å². The van der Waals surface area contributed by atoms with Crippen molar-refractivity contribution in [3.63, 3.8) is 0 Å². The van der Waals surface area contributed by atoms with Crippen LogP contribution in [0.4, 0.5) is 0 Å². The molecule has 6 nitrogen and oxygen atoms in total. The van der Waals surface area contributed by atoms with Crippen LogP contribution in [0.3, 0.4) is 0 Å². The SMILES string of the molecule is O=C(NCc1ccc2[nH]c(=O)[nH]c2c1)C1CCCO1. The smallest absolute Gasteiger partial charge is 0.323 e. The van der Waals surface area contributed by atoms with Gasteiger partial charge in [-0.3, -0.25) is 4.79 Å². The van der Waals surface area contributed by atoms with E-state index in [0.29, 0.717) is 13.2 Å². The van der Waals surface area contributed by atoms with Gasteiger partial charge in [-0.25, -0.2) is 4.79 Å². The molecule has 1 saturated heterocycles. The van der Waals surface area contributed by atoms with Crippen LogP contribution in [-0.4, -0.2) is 28.6 Å². The number of benzene rings is 1. The lowest BCUT2D eigenvalue weighted by Gasteiger charge is -2.10. The van der Waals surface area contributed by atoms with E-state index < -0.39 is 0 Å².